The number of nitrogens with two attached hydrogens (primary N) is 1. The molecule has 0 atom stereocenters. The molecule has 0 aromatic carbocycles. The van der Waals surface area contributed by atoms with Gasteiger partial charge in [0.15, 0.2) is 5.82 Å². The minimum absolute atomic E-state index is 0.286. The lowest BCUT2D eigenvalue weighted by molar-refractivity contribution is -0.0458. The SMILES string of the molecule is CCOC1(c2nc(C)nc(N)n2)CCCC1. The summed E-state index contributed by atoms with van der Waals surface area (Å²) in [5.74, 6) is 1.65. The second-order valence-electron chi connectivity index (χ2n) is 4.20. The van der Waals surface area contributed by atoms with Crippen LogP contribution in [0.5, 0.6) is 0 Å². The van der Waals surface area contributed by atoms with Gasteiger partial charge in [-0.1, -0.05) is 0 Å². The van der Waals surface area contributed by atoms with Gasteiger partial charge in [0.25, 0.3) is 0 Å². The highest BCUT2D eigenvalue weighted by atomic mass is 16.5. The molecule has 0 amide bonds. The number of nitrogens with zero attached hydrogens (tertiary/aromatic N) is 3. The number of hydrogen-bond donors (Lipinski definition) is 1. The van der Waals surface area contributed by atoms with Gasteiger partial charge in [-0.15, -0.1) is 0 Å². The van der Waals surface area contributed by atoms with E-state index < -0.39 is 0 Å². The Morgan fingerprint density at radius 1 is 1.25 bits per heavy atom. The van der Waals surface area contributed by atoms with Crippen molar-refractivity contribution >= 4 is 5.95 Å². The normalized spacial score (nSPS) is 18.9. The summed E-state index contributed by atoms with van der Waals surface area (Å²) >= 11 is 0. The van der Waals surface area contributed by atoms with Crippen LogP contribution in [0.4, 0.5) is 5.95 Å². The summed E-state index contributed by atoms with van der Waals surface area (Å²) in [6, 6.07) is 0. The highest BCUT2D eigenvalue weighted by molar-refractivity contribution is 5.19. The first-order valence-electron chi connectivity index (χ1n) is 5.79. The van der Waals surface area contributed by atoms with Crippen molar-refractivity contribution in [3.63, 3.8) is 0 Å². The smallest absolute Gasteiger partial charge is 0.223 e. The topological polar surface area (TPSA) is 73.9 Å². The maximum atomic E-state index is 5.88. The van der Waals surface area contributed by atoms with Crippen molar-refractivity contribution in [3.8, 4) is 0 Å². The Morgan fingerprint density at radius 3 is 2.50 bits per heavy atom. The summed E-state index contributed by atoms with van der Waals surface area (Å²) in [6.07, 6.45) is 4.27. The lowest BCUT2D eigenvalue weighted by atomic mass is 10.0. The summed E-state index contributed by atoms with van der Waals surface area (Å²) in [7, 11) is 0. The third-order valence-corrected chi connectivity index (χ3v) is 3.00. The molecule has 0 spiro atoms. The lowest BCUT2D eigenvalue weighted by Gasteiger charge is -2.27. The summed E-state index contributed by atoms with van der Waals surface area (Å²) in [6.45, 7) is 4.50. The molecule has 0 aliphatic heterocycles. The van der Waals surface area contributed by atoms with Crippen molar-refractivity contribution < 1.29 is 4.74 Å². The Bertz CT molecular complexity index is 354. The molecule has 0 unspecified atom stereocenters. The van der Waals surface area contributed by atoms with Crippen molar-refractivity contribution in [1.29, 1.82) is 0 Å². The van der Waals surface area contributed by atoms with E-state index in [1.165, 1.54) is 0 Å². The van der Waals surface area contributed by atoms with Crippen molar-refractivity contribution in [2.45, 2.75) is 45.1 Å². The van der Waals surface area contributed by atoms with E-state index in [0.717, 1.165) is 25.7 Å². The first kappa shape index (κ1) is 11.3. The van der Waals surface area contributed by atoms with Crippen LogP contribution in [0.15, 0.2) is 0 Å². The fraction of sp³-hybridized carbons (Fsp3) is 0.727. The van der Waals surface area contributed by atoms with Gasteiger partial charge in [-0.3, -0.25) is 0 Å². The van der Waals surface area contributed by atoms with Gasteiger partial charge in [-0.2, -0.15) is 9.97 Å². The molecule has 1 aliphatic rings. The van der Waals surface area contributed by atoms with Gasteiger partial charge < -0.3 is 10.5 Å². The highest BCUT2D eigenvalue weighted by Crippen LogP contribution is 2.40. The van der Waals surface area contributed by atoms with Crippen molar-refractivity contribution in [3.05, 3.63) is 11.6 Å². The Labute approximate surface area is 95.5 Å². The molecule has 1 heterocycles. The molecule has 16 heavy (non-hydrogen) atoms. The molecule has 5 nitrogen and oxygen atoms in total. The zero-order chi connectivity index (χ0) is 11.6. The number of aromatic nitrogens is 3. The van der Waals surface area contributed by atoms with E-state index in [4.69, 9.17) is 10.5 Å². The summed E-state index contributed by atoms with van der Waals surface area (Å²) < 4.78 is 5.88. The van der Waals surface area contributed by atoms with Gasteiger partial charge in [-0.25, -0.2) is 4.98 Å². The molecule has 1 aliphatic carbocycles. The monoisotopic (exact) mass is 222 g/mol. The van der Waals surface area contributed by atoms with Crippen LogP contribution < -0.4 is 5.73 Å². The fourth-order valence-electron chi connectivity index (χ4n) is 2.36. The van der Waals surface area contributed by atoms with Gasteiger partial charge in [-0.05, 0) is 39.5 Å². The summed E-state index contributed by atoms with van der Waals surface area (Å²) in [5.41, 5.74) is 5.34. The number of ether oxygens (including phenoxy) is 1. The quantitative estimate of drug-likeness (QED) is 0.840. The number of anilines is 1. The van der Waals surface area contributed by atoms with Crippen molar-refractivity contribution in [2.24, 2.45) is 0 Å². The predicted molar refractivity (Wildman–Crippen MR) is 60.7 cm³/mol. The Balaban J connectivity index is 2.38. The Kier molecular flexibility index (Phi) is 3.05. The van der Waals surface area contributed by atoms with Crippen LogP contribution in [0.25, 0.3) is 0 Å². The average Bonchev–Trinajstić information content (AvgIpc) is 2.66. The van der Waals surface area contributed by atoms with E-state index in [1.807, 2.05) is 13.8 Å². The maximum absolute atomic E-state index is 5.88. The van der Waals surface area contributed by atoms with E-state index in [2.05, 4.69) is 15.0 Å². The molecule has 2 N–H and O–H groups in total. The Morgan fingerprint density at radius 2 is 1.94 bits per heavy atom. The number of rotatable bonds is 3. The van der Waals surface area contributed by atoms with Crippen LogP contribution in [0.1, 0.15) is 44.3 Å². The molecule has 0 saturated heterocycles. The molecule has 0 bridgehead atoms. The van der Waals surface area contributed by atoms with E-state index in [1.54, 1.807) is 0 Å². The summed E-state index contributed by atoms with van der Waals surface area (Å²) in [5, 5.41) is 0. The number of aryl methyl sites for hydroxylation is 1. The number of nitrogen functional groups attached to an aromatic ring is 1. The molecular formula is C11H18N4O. The molecule has 1 aromatic heterocycles. The van der Waals surface area contributed by atoms with E-state index in [9.17, 15) is 0 Å². The first-order valence-corrected chi connectivity index (χ1v) is 5.79. The molecule has 1 saturated carbocycles. The van der Waals surface area contributed by atoms with Crippen molar-refractivity contribution in [1.82, 2.24) is 15.0 Å². The maximum Gasteiger partial charge on any atom is 0.223 e. The minimum Gasteiger partial charge on any atom is -0.368 e. The predicted octanol–water partition coefficient (Wildman–Crippen LogP) is 1.57. The summed E-state index contributed by atoms with van der Waals surface area (Å²) in [4.78, 5) is 12.6. The van der Waals surface area contributed by atoms with Crippen LogP contribution in [-0.4, -0.2) is 21.6 Å². The van der Waals surface area contributed by atoms with Gasteiger partial charge in [0.1, 0.15) is 11.4 Å². The molecule has 1 aromatic rings. The average molecular weight is 222 g/mol. The first-order chi connectivity index (χ1) is 7.66. The zero-order valence-electron chi connectivity index (χ0n) is 9.86. The van der Waals surface area contributed by atoms with Crippen molar-refractivity contribution in [2.75, 3.05) is 12.3 Å². The lowest BCUT2D eigenvalue weighted by Crippen LogP contribution is -2.29. The molecule has 88 valence electrons. The van der Waals surface area contributed by atoms with Gasteiger partial charge >= 0.3 is 0 Å². The van der Waals surface area contributed by atoms with Gasteiger partial charge in [0, 0.05) is 6.61 Å². The largest absolute Gasteiger partial charge is 0.368 e. The number of hydrogen-bond acceptors (Lipinski definition) is 5. The van der Waals surface area contributed by atoms with Crippen LogP contribution in [0.2, 0.25) is 0 Å². The van der Waals surface area contributed by atoms with Crippen LogP contribution >= 0.6 is 0 Å². The van der Waals surface area contributed by atoms with E-state index in [0.29, 0.717) is 18.3 Å². The van der Waals surface area contributed by atoms with Crippen LogP contribution in [0, 0.1) is 6.92 Å². The molecule has 5 heteroatoms. The Hall–Kier alpha value is -1.23. The van der Waals surface area contributed by atoms with Crippen LogP contribution in [-0.2, 0) is 10.3 Å². The third kappa shape index (κ3) is 2.00. The highest BCUT2D eigenvalue weighted by Gasteiger charge is 2.39. The van der Waals surface area contributed by atoms with E-state index in [-0.39, 0.29) is 11.5 Å². The minimum atomic E-state index is -0.323. The molecular weight excluding hydrogens is 204 g/mol. The second kappa shape index (κ2) is 4.33. The standard InChI is InChI=1S/C11H18N4O/c1-3-16-11(6-4-5-7-11)9-13-8(2)14-10(12)15-9/h3-7H2,1-2H3,(H2,12,13,14,15). The van der Waals surface area contributed by atoms with Gasteiger partial charge in [0.05, 0.1) is 0 Å². The zero-order valence-corrected chi connectivity index (χ0v) is 9.86. The second-order valence-corrected chi connectivity index (χ2v) is 4.20. The fourth-order valence-corrected chi connectivity index (χ4v) is 2.36. The van der Waals surface area contributed by atoms with E-state index >= 15 is 0 Å². The molecule has 2 rings (SSSR count). The third-order valence-electron chi connectivity index (χ3n) is 3.00. The van der Waals surface area contributed by atoms with Crippen LogP contribution in [0.3, 0.4) is 0 Å². The van der Waals surface area contributed by atoms with Gasteiger partial charge in [0.2, 0.25) is 5.95 Å². The molecule has 0 radical (unpaired) electrons. The molecule has 1 fully saturated rings.